The van der Waals surface area contributed by atoms with Crippen molar-refractivity contribution >= 4 is 34.6 Å². The van der Waals surface area contributed by atoms with Gasteiger partial charge in [0.25, 0.3) is 0 Å². The highest BCUT2D eigenvalue weighted by Gasteiger charge is 2.25. The number of aromatic nitrogens is 2. The lowest BCUT2D eigenvalue weighted by Gasteiger charge is -2.25. The second-order valence-electron chi connectivity index (χ2n) is 5.48. The first-order valence-corrected chi connectivity index (χ1v) is 8.30. The minimum Gasteiger partial charge on any atom is -0.331 e. The number of imidazole rings is 1. The number of nitrogens with one attached hydrogen (secondary N) is 1. The van der Waals surface area contributed by atoms with E-state index in [-0.39, 0.29) is 0 Å². The number of benzene rings is 1. The minimum atomic E-state index is 0.396. The van der Waals surface area contributed by atoms with E-state index in [1.165, 1.54) is 40.8 Å². The fourth-order valence-corrected chi connectivity index (χ4v) is 4.69. The molecular formula is C16H16N2S2. The molecule has 2 aromatic heterocycles. The topological polar surface area (TPSA) is 20.7 Å². The summed E-state index contributed by atoms with van der Waals surface area (Å²) in [5.41, 5.74) is 5.18. The summed E-state index contributed by atoms with van der Waals surface area (Å²) >= 11 is 7.49. The molecule has 1 unspecified atom stereocenters. The van der Waals surface area contributed by atoms with Gasteiger partial charge in [0.15, 0.2) is 4.77 Å². The number of thiophene rings is 1. The smallest absolute Gasteiger partial charge is 0.178 e. The first kappa shape index (κ1) is 12.4. The fraction of sp³-hybridized carbons (Fsp3) is 0.312. The van der Waals surface area contributed by atoms with Crippen molar-refractivity contribution in [3.8, 4) is 0 Å². The molecule has 1 aliphatic rings. The summed E-state index contributed by atoms with van der Waals surface area (Å²) in [6.45, 7) is 2.17. The molecule has 0 amide bonds. The Balaban J connectivity index is 2.01. The molecule has 0 spiro atoms. The van der Waals surface area contributed by atoms with Crippen molar-refractivity contribution in [3.63, 3.8) is 0 Å². The predicted octanol–water partition coefficient (Wildman–Crippen LogP) is 4.99. The molecule has 1 aromatic carbocycles. The fourth-order valence-electron chi connectivity index (χ4n) is 3.38. The van der Waals surface area contributed by atoms with E-state index in [0.29, 0.717) is 6.04 Å². The van der Waals surface area contributed by atoms with Crippen LogP contribution in [-0.2, 0) is 6.42 Å². The maximum Gasteiger partial charge on any atom is 0.178 e. The molecule has 0 fully saturated rings. The Bertz CT molecular complexity index is 838. The lowest BCUT2D eigenvalue weighted by molar-refractivity contribution is 0.500. The van der Waals surface area contributed by atoms with E-state index in [2.05, 4.69) is 46.1 Å². The average molecular weight is 300 g/mol. The van der Waals surface area contributed by atoms with Gasteiger partial charge in [0, 0.05) is 4.88 Å². The van der Waals surface area contributed by atoms with Crippen LogP contribution in [0.3, 0.4) is 0 Å². The lowest BCUT2D eigenvalue weighted by Crippen LogP contribution is -2.16. The molecule has 20 heavy (non-hydrogen) atoms. The SMILES string of the molecule is Cc1cccc2[nH]c(=S)n(C3CCCc4sccc43)c12. The van der Waals surface area contributed by atoms with E-state index < -0.39 is 0 Å². The maximum atomic E-state index is 5.61. The standard InChI is InChI=1S/C16H16N2S2/c1-10-4-2-5-12-15(10)18(16(19)17-12)13-6-3-7-14-11(13)8-9-20-14/h2,4-5,8-9,13H,3,6-7H2,1H3,(H,17,19). The summed E-state index contributed by atoms with van der Waals surface area (Å²) < 4.78 is 3.18. The van der Waals surface area contributed by atoms with Crippen molar-refractivity contribution < 1.29 is 0 Å². The Hall–Kier alpha value is -1.39. The summed E-state index contributed by atoms with van der Waals surface area (Å²) in [5, 5.41) is 2.22. The summed E-state index contributed by atoms with van der Waals surface area (Å²) in [5.74, 6) is 0. The van der Waals surface area contributed by atoms with Crippen molar-refractivity contribution in [2.75, 3.05) is 0 Å². The van der Waals surface area contributed by atoms with Gasteiger partial charge in [-0.1, -0.05) is 12.1 Å². The second-order valence-corrected chi connectivity index (χ2v) is 6.87. The predicted molar refractivity (Wildman–Crippen MR) is 87.3 cm³/mol. The summed E-state index contributed by atoms with van der Waals surface area (Å²) in [6, 6.07) is 9.05. The largest absolute Gasteiger partial charge is 0.331 e. The van der Waals surface area contributed by atoms with E-state index in [1.807, 2.05) is 11.3 Å². The molecule has 4 heteroatoms. The van der Waals surface area contributed by atoms with Gasteiger partial charge in [-0.05, 0) is 67.0 Å². The first-order chi connectivity index (χ1) is 9.75. The second kappa shape index (κ2) is 4.57. The van der Waals surface area contributed by atoms with Crippen molar-refractivity contribution in [2.45, 2.75) is 32.2 Å². The van der Waals surface area contributed by atoms with E-state index in [0.717, 1.165) is 10.3 Å². The number of aromatic amines is 1. The molecule has 0 radical (unpaired) electrons. The number of nitrogens with zero attached hydrogens (tertiary/aromatic N) is 1. The average Bonchev–Trinajstić information content (AvgIpc) is 3.02. The van der Waals surface area contributed by atoms with E-state index in [1.54, 1.807) is 0 Å². The Morgan fingerprint density at radius 1 is 1.35 bits per heavy atom. The van der Waals surface area contributed by atoms with Gasteiger partial charge >= 0.3 is 0 Å². The molecule has 102 valence electrons. The van der Waals surface area contributed by atoms with Gasteiger partial charge in [0.05, 0.1) is 17.1 Å². The number of rotatable bonds is 1. The summed E-state index contributed by atoms with van der Waals surface area (Å²) in [6.07, 6.45) is 3.65. The van der Waals surface area contributed by atoms with Crippen molar-refractivity contribution in [3.05, 3.63) is 50.4 Å². The quantitative estimate of drug-likeness (QED) is 0.628. The van der Waals surface area contributed by atoms with Gasteiger partial charge in [-0.15, -0.1) is 11.3 Å². The molecule has 2 heterocycles. The Labute approximate surface area is 127 Å². The maximum absolute atomic E-state index is 5.61. The Morgan fingerprint density at radius 3 is 3.15 bits per heavy atom. The molecule has 2 nitrogen and oxygen atoms in total. The van der Waals surface area contributed by atoms with Crippen molar-refractivity contribution in [1.29, 1.82) is 0 Å². The minimum absolute atomic E-state index is 0.396. The zero-order valence-corrected chi connectivity index (χ0v) is 13.0. The van der Waals surface area contributed by atoms with Crippen molar-refractivity contribution in [1.82, 2.24) is 9.55 Å². The number of aryl methyl sites for hydroxylation is 2. The first-order valence-electron chi connectivity index (χ1n) is 7.02. The summed E-state index contributed by atoms with van der Waals surface area (Å²) in [7, 11) is 0. The van der Waals surface area contributed by atoms with Crippen LogP contribution in [0.4, 0.5) is 0 Å². The zero-order valence-electron chi connectivity index (χ0n) is 11.3. The van der Waals surface area contributed by atoms with Gasteiger partial charge in [0.1, 0.15) is 0 Å². The Kier molecular flexibility index (Phi) is 2.82. The van der Waals surface area contributed by atoms with Gasteiger partial charge in [-0.3, -0.25) is 0 Å². The highest BCUT2D eigenvalue weighted by atomic mass is 32.1. The van der Waals surface area contributed by atoms with Gasteiger partial charge in [-0.25, -0.2) is 0 Å². The molecule has 0 saturated heterocycles. The third-order valence-electron chi connectivity index (χ3n) is 4.27. The van der Waals surface area contributed by atoms with Crippen LogP contribution in [0.1, 0.15) is 34.9 Å². The molecule has 1 atom stereocenters. The molecule has 0 bridgehead atoms. The highest BCUT2D eigenvalue weighted by Crippen LogP contribution is 2.38. The van der Waals surface area contributed by atoms with Crippen LogP contribution in [-0.4, -0.2) is 9.55 Å². The number of H-pyrrole nitrogens is 1. The number of hydrogen-bond acceptors (Lipinski definition) is 2. The van der Waals surface area contributed by atoms with Crippen LogP contribution in [0.15, 0.2) is 29.6 Å². The van der Waals surface area contributed by atoms with E-state index >= 15 is 0 Å². The van der Waals surface area contributed by atoms with Crippen LogP contribution in [0.25, 0.3) is 11.0 Å². The number of para-hydroxylation sites is 1. The molecule has 0 saturated carbocycles. The van der Waals surface area contributed by atoms with Crippen LogP contribution in [0.2, 0.25) is 0 Å². The van der Waals surface area contributed by atoms with Crippen LogP contribution in [0, 0.1) is 11.7 Å². The van der Waals surface area contributed by atoms with Crippen LogP contribution in [0.5, 0.6) is 0 Å². The van der Waals surface area contributed by atoms with Crippen LogP contribution >= 0.6 is 23.6 Å². The van der Waals surface area contributed by atoms with Gasteiger partial charge in [0.2, 0.25) is 0 Å². The van der Waals surface area contributed by atoms with Crippen molar-refractivity contribution in [2.24, 2.45) is 0 Å². The number of hydrogen-bond donors (Lipinski definition) is 1. The molecule has 1 N–H and O–H groups in total. The van der Waals surface area contributed by atoms with Gasteiger partial charge < -0.3 is 9.55 Å². The lowest BCUT2D eigenvalue weighted by atomic mass is 9.93. The third kappa shape index (κ3) is 1.71. The monoisotopic (exact) mass is 300 g/mol. The Morgan fingerprint density at radius 2 is 2.25 bits per heavy atom. The molecule has 4 rings (SSSR count). The van der Waals surface area contributed by atoms with Gasteiger partial charge in [-0.2, -0.15) is 0 Å². The molecule has 3 aromatic rings. The molecular weight excluding hydrogens is 284 g/mol. The number of fused-ring (bicyclic) bond motifs is 2. The zero-order chi connectivity index (χ0) is 13.7. The van der Waals surface area contributed by atoms with Crippen LogP contribution < -0.4 is 0 Å². The highest BCUT2D eigenvalue weighted by molar-refractivity contribution is 7.71. The van der Waals surface area contributed by atoms with E-state index in [9.17, 15) is 0 Å². The normalized spacial score (nSPS) is 18.4. The summed E-state index contributed by atoms with van der Waals surface area (Å²) in [4.78, 5) is 4.90. The van der Waals surface area contributed by atoms with E-state index in [4.69, 9.17) is 12.2 Å². The third-order valence-corrected chi connectivity index (χ3v) is 5.57. The molecule has 0 aliphatic heterocycles. The molecule has 1 aliphatic carbocycles.